The van der Waals surface area contributed by atoms with E-state index in [-0.39, 0.29) is 23.5 Å². The van der Waals surface area contributed by atoms with Gasteiger partial charge in [0.2, 0.25) is 5.88 Å². The average Bonchev–Trinajstić information content (AvgIpc) is 3.35. The average molecular weight is 588 g/mol. The van der Waals surface area contributed by atoms with Gasteiger partial charge < -0.3 is 30.2 Å². The highest BCUT2D eigenvalue weighted by atomic mass is 16.3. The summed E-state index contributed by atoms with van der Waals surface area (Å²) in [7, 11) is 4.09. The van der Waals surface area contributed by atoms with Crippen LogP contribution in [0.15, 0.2) is 95.1 Å². The van der Waals surface area contributed by atoms with Crippen molar-refractivity contribution >= 4 is 34.4 Å². The summed E-state index contributed by atoms with van der Waals surface area (Å²) in [5, 5.41) is 17.8. The second-order valence-electron chi connectivity index (χ2n) is 11.0. The van der Waals surface area contributed by atoms with Crippen molar-refractivity contribution < 1.29 is 9.90 Å². The Bertz CT molecular complexity index is 1960. The SMILES string of the molecule is CN(C)Cc1ccc2c(c1)CN=C(c1c(O)[nH]c3cc(/C=C/CNC(=O)c4cccn(Cc5cccnc5)c4=O)ccc13)N2. The van der Waals surface area contributed by atoms with Crippen LogP contribution in [0, 0.1) is 0 Å². The molecule has 0 bridgehead atoms. The van der Waals surface area contributed by atoms with Gasteiger partial charge in [-0.1, -0.05) is 42.5 Å². The molecule has 0 fully saturated rings. The van der Waals surface area contributed by atoms with Crippen LogP contribution in [-0.4, -0.2) is 56.9 Å². The number of pyridine rings is 2. The monoisotopic (exact) mass is 587 g/mol. The number of amides is 1. The zero-order chi connectivity index (χ0) is 30.6. The summed E-state index contributed by atoms with van der Waals surface area (Å²) in [6.07, 6.45) is 8.71. The zero-order valence-corrected chi connectivity index (χ0v) is 24.5. The number of rotatable bonds is 9. The fraction of sp³-hybridized carbons (Fsp3) is 0.176. The van der Waals surface area contributed by atoms with E-state index in [1.165, 1.54) is 16.2 Å². The fourth-order valence-corrected chi connectivity index (χ4v) is 5.34. The number of hydrogen-bond acceptors (Lipinski definition) is 7. The molecule has 0 atom stereocenters. The highest BCUT2D eigenvalue weighted by molar-refractivity contribution is 6.18. The van der Waals surface area contributed by atoms with E-state index in [2.05, 4.69) is 43.7 Å². The Hall–Kier alpha value is -5.48. The molecule has 5 aromatic rings. The van der Waals surface area contributed by atoms with Crippen LogP contribution < -0.4 is 16.2 Å². The second-order valence-corrected chi connectivity index (χ2v) is 11.0. The number of aromatic nitrogens is 3. The lowest BCUT2D eigenvalue weighted by Crippen LogP contribution is -2.33. The molecular formula is C34H33N7O3. The molecule has 1 aliphatic rings. The van der Waals surface area contributed by atoms with Gasteiger partial charge in [-0.25, -0.2) is 0 Å². The highest BCUT2D eigenvalue weighted by Crippen LogP contribution is 2.32. The molecule has 0 saturated heterocycles. The summed E-state index contributed by atoms with van der Waals surface area (Å²) >= 11 is 0. The number of benzene rings is 2. The number of carbonyl (C=O) groups excluding carboxylic acids is 1. The minimum Gasteiger partial charge on any atom is -0.494 e. The number of nitrogens with zero attached hydrogens (tertiary/aromatic N) is 4. The van der Waals surface area contributed by atoms with E-state index < -0.39 is 5.91 Å². The molecule has 0 unspecified atom stereocenters. The Kier molecular flexibility index (Phi) is 8.07. The third-order valence-corrected chi connectivity index (χ3v) is 7.40. The Labute approximate surface area is 254 Å². The molecule has 44 heavy (non-hydrogen) atoms. The summed E-state index contributed by atoms with van der Waals surface area (Å²) in [5.41, 5.74) is 6.20. The molecule has 0 saturated carbocycles. The lowest BCUT2D eigenvalue weighted by Gasteiger charge is -2.20. The van der Waals surface area contributed by atoms with Crippen molar-refractivity contribution in [3.8, 4) is 5.88 Å². The van der Waals surface area contributed by atoms with Crippen LogP contribution in [0.5, 0.6) is 5.88 Å². The quantitative estimate of drug-likeness (QED) is 0.203. The normalized spacial score (nSPS) is 12.8. The molecule has 1 amide bonds. The number of hydrogen-bond donors (Lipinski definition) is 4. The van der Waals surface area contributed by atoms with Crippen LogP contribution in [0.2, 0.25) is 0 Å². The summed E-state index contributed by atoms with van der Waals surface area (Å²) in [4.78, 5) is 39.6. The van der Waals surface area contributed by atoms with E-state index in [0.717, 1.165) is 39.8 Å². The molecular weight excluding hydrogens is 554 g/mol. The summed E-state index contributed by atoms with van der Waals surface area (Å²) in [5.74, 6) is 0.225. The Balaban J connectivity index is 1.11. The maximum absolute atomic E-state index is 12.9. The Morgan fingerprint density at radius 2 is 2.00 bits per heavy atom. The lowest BCUT2D eigenvalue weighted by molar-refractivity contribution is 0.0956. The molecule has 10 nitrogen and oxygen atoms in total. The summed E-state index contributed by atoms with van der Waals surface area (Å²) in [6.45, 7) is 1.96. The highest BCUT2D eigenvalue weighted by Gasteiger charge is 2.21. The van der Waals surface area contributed by atoms with Crippen molar-refractivity contribution in [2.75, 3.05) is 26.0 Å². The third kappa shape index (κ3) is 6.16. The second kappa shape index (κ2) is 12.4. The van der Waals surface area contributed by atoms with Crippen LogP contribution in [0.3, 0.4) is 0 Å². The molecule has 1 aliphatic heterocycles. The number of nitrogens with one attached hydrogen (secondary N) is 3. The first kappa shape index (κ1) is 28.6. The number of anilines is 1. The van der Waals surface area contributed by atoms with Crippen molar-refractivity contribution in [3.05, 3.63) is 129 Å². The van der Waals surface area contributed by atoms with Crippen LogP contribution in [0.25, 0.3) is 17.0 Å². The molecule has 4 N–H and O–H groups in total. The van der Waals surface area contributed by atoms with E-state index in [1.807, 2.05) is 56.6 Å². The van der Waals surface area contributed by atoms with E-state index in [1.54, 1.807) is 24.7 Å². The minimum absolute atomic E-state index is 0.0457. The lowest BCUT2D eigenvalue weighted by atomic mass is 10.0. The first-order chi connectivity index (χ1) is 21.4. The number of aromatic amines is 1. The van der Waals surface area contributed by atoms with E-state index in [0.29, 0.717) is 24.5 Å². The third-order valence-electron chi connectivity index (χ3n) is 7.40. The number of amidine groups is 1. The van der Waals surface area contributed by atoms with Crippen molar-refractivity contribution in [1.29, 1.82) is 0 Å². The van der Waals surface area contributed by atoms with Crippen LogP contribution in [0.1, 0.15) is 38.2 Å². The molecule has 0 aliphatic carbocycles. The first-order valence-corrected chi connectivity index (χ1v) is 14.3. The van der Waals surface area contributed by atoms with Gasteiger partial charge in [0.25, 0.3) is 11.5 Å². The van der Waals surface area contributed by atoms with Gasteiger partial charge in [-0.2, -0.15) is 0 Å². The molecule has 0 spiro atoms. The zero-order valence-electron chi connectivity index (χ0n) is 24.5. The molecule has 0 radical (unpaired) electrons. The van der Waals surface area contributed by atoms with Crippen LogP contribution in [-0.2, 0) is 19.6 Å². The molecule has 10 heteroatoms. The van der Waals surface area contributed by atoms with Gasteiger partial charge in [0, 0.05) is 48.3 Å². The van der Waals surface area contributed by atoms with Crippen molar-refractivity contribution in [2.45, 2.75) is 19.6 Å². The largest absolute Gasteiger partial charge is 0.494 e. The fourth-order valence-electron chi connectivity index (χ4n) is 5.34. The maximum Gasteiger partial charge on any atom is 0.263 e. The van der Waals surface area contributed by atoms with Crippen molar-refractivity contribution in [1.82, 2.24) is 24.8 Å². The van der Waals surface area contributed by atoms with Gasteiger partial charge in [-0.05, 0) is 66.7 Å². The minimum atomic E-state index is -0.439. The van der Waals surface area contributed by atoms with Crippen molar-refractivity contribution in [2.24, 2.45) is 4.99 Å². The number of fused-ring (bicyclic) bond motifs is 2. The Morgan fingerprint density at radius 3 is 2.82 bits per heavy atom. The standard InChI is InChI=1S/C34H33N7O3/c1-40(2)20-23-10-12-28-25(16-23)19-37-31(38-28)30-26-11-9-22(17-29(26)39-33(30)43)6-4-14-36-32(42)27-8-5-15-41(34(27)44)21-24-7-3-13-35-18-24/h3-13,15-18,39,43H,14,19-21H2,1-2H3,(H,36,42)(H,37,38)/b6-4+. The maximum atomic E-state index is 12.9. The van der Waals surface area contributed by atoms with E-state index in [4.69, 9.17) is 4.99 Å². The van der Waals surface area contributed by atoms with Gasteiger partial charge in [-0.15, -0.1) is 0 Å². The molecule has 6 rings (SSSR count). The van der Waals surface area contributed by atoms with Crippen LogP contribution in [0.4, 0.5) is 5.69 Å². The van der Waals surface area contributed by atoms with Gasteiger partial charge in [0.05, 0.1) is 18.7 Å². The predicted molar refractivity (Wildman–Crippen MR) is 173 cm³/mol. The molecule has 2 aromatic carbocycles. The van der Waals surface area contributed by atoms with E-state index in [9.17, 15) is 14.7 Å². The van der Waals surface area contributed by atoms with Gasteiger partial charge in [0.1, 0.15) is 11.4 Å². The smallest absolute Gasteiger partial charge is 0.263 e. The topological polar surface area (TPSA) is 128 Å². The molecule has 222 valence electrons. The predicted octanol–water partition coefficient (Wildman–Crippen LogP) is 4.36. The van der Waals surface area contributed by atoms with Gasteiger partial charge in [0.15, 0.2) is 0 Å². The molecule has 3 aromatic heterocycles. The molecule has 4 heterocycles. The Morgan fingerprint density at radius 1 is 1.11 bits per heavy atom. The van der Waals surface area contributed by atoms with E-state index >= 15 is 0 Å². The number of carbonyl (C=O) groups is 1. The van der Waals surface area contributed by atoms with Gasteiger partial charge >= 0.3 is 0 Å². The number of H-pyrrole nitrogens is 1. The van der Waals surface area contributed by atoms with Gasteiger partial charge in [-0.3, -0.25) is 19.6 Å². The number of aliphatic imine (C=N–C) groups is 1. The van der Waals surface area contributed by atoms with Crippen LogP contribution >= 0.6 is 0 Å². The first-order valence-electron chi connectivity index (χ1n) is 14.3. The van der Waals surface area contributed by atoms with Crippen molar-refractivity contribution in [3.63, 3.8) is 0 Å². The number of aromatic hydroxyl groups is 1. The summed E-state index contributed by atoms with van der Waals surface area (Å²) in [6, 6.07) is 19.0. The summed E-state index contributed by atoms with van der Waals surface area (Å²) < 4.78 is 1.49.